The van der Waals surface area contributed by atoms with Crippen LogP contribution in [0.3, 0.4) is 0 Å². The molecule has 1 amide bonds. The zero-order valence-electron chi connectivity index (χ0n) is 23.8. The van der Waals surface area contributed by atoms with Crippen molar-refractivity contribution in [3.05, 3.63) is 76.6 Å². The summed E-state index contributed by atoms with van der Waals surface area (Å²) in [6, 6.07) is 13.1. The molecule has 3 aromatic rings. The van der Waals surface area contributed by atoms with Crippen LogP contribution in [-0.4, -0.2) is 58.7 Å². The highest BCUT2D eigenvalue weighted by Gasteiger charge is 2.24. The van der Waals surface area contributed by atoms with Gasteiger partial charge in [-0.1, -0.05) is 31.2 Å². The highest BCUT2D eigenvalue weighted by Crippen LogP contribution is 2.23. The molecule has 0 fully saturated rings. The Morgan fingerprint density at radius 3 is 2.29 bits per heavy atom. The molecule has 0 unspecified atom stereocenters. The molecule has 1 aromatic carbocycles. The second kappa shape index (κ2) is 12.4. The summed E-state index contributed by atoms with van der Waals surface area (Å²) in [5.41, 5.74) is 4.71. The molecule has 0 saturated heterocycles. The van der Waals surface area contributed by atoms with Crippen molar-refractivity contribution in [3.63, 3.8) is 0 Å². The molecule has 0 radical (unpaired) electrons. The number of methoxy groups -OCH3 is 1. The molecule has 0 bridgehead atoms. The summed E-state index contributed by atoms with van der Waals surface area (Å²) >= 11 is 0. The molecule has 0 aliphatic heterocycles. The van der Waals surface area contributed by atoms with E-state index in [1.165, 1.54) is 17.6 Å². The Kier molecular flexibility index (Phi) is 9.50. The quantitative estimate of drug-likeness (QED) is 0.217. The minimum absolute atomic E-state index is 0.0450. The molecule has 7 heteroatoms. The summed E-state index contributed by atoms with van der Waals surface area (Å²) < 4.78 is 6.61. The molecule has 1 N–H and O–H groups in total. The molecule has 38 heavy (non-hydrogen) atoms. The van der Waals surface area contributed by atoms with Gasteiger partial charge in [0.05, 0.1) is 12.8 Å². The molecular weight excluding hydrogens is 478 g/mol. The number of nitrogens with one attached hydrogen (secondary N) is 1. The molecular formula is C31H41N3O4. The van der Waals surface area contributed by atoms with Crippen molar-refractivity contribution in [1.29, 1.82) is 0 Å². The fourth-order valence-corrected chi connectivity index (χ4v) is 4.47. The van der Waals surface area contributed by atoms with Crippen molar-refractivity contribution < 1.29 is 19.1 Å². The van der Waals surface area contributed by atoms with Gasteiger partial charge in [-0.3, -0.25) is 14.4 Å². The Morgan fingerprint density at radius 2 is 1.71 bits per heavy atom. The highest BCUT2D eigenvalue weighted by atomic mass is 16.5. The Labute approximate surface area is 226 Å². The molecule has 2 aromatic heterocycles. The Hall–Kier alpha value is -3.45. The number of aryl methyl sites for hydroxylation is 2. The predicted molar refractivity (Wildman–Crippen MR) is 151 cm³/mol. The first-order chi connectivity index (χ1) is 17.9. The van der Waals surface area contributed by atoms with Crippen molar-refractivity contribution in [2.45, 2.75) is 72.4 Å². The number of hydrogen-bond acceptors (Lipinski definition) is 5. The van der Waals surface area contributed by atoms with E-state index in [0.717, 1.165) is 30.5 Å². The van der Waals surface area contributed by atoms with Gasteiger partial charge in [0.15, 0.2) is 0 Å². The first kappa shape index (κ1) is 29.1. The van der Waals surface area contributed by atoms with Crippen molar-refractivity contribution >= 4 is 23.2 Å². The number of fused-ring (bicyclic) bond motifs is 1. The van der Waals surface area contributed by atoms with E-state index >= 15 is 0 Å². The molecule has 7 nitrogen and oxygen atoms in total. The summed E-state index contributed by atoms with van der Waals surface area (Å²) in [7, 11) is 1.31. The van der Waals surface area contributed by atoms with Gasteiger partial charge in [0, 0.05) is 34.4 Å². The van der Waals surface area contributed by atoms with Gasteiger partial charge in [-0.25, -0.2) is 0 Å². The third kappa shape index (κ3) is 7.10. The van der Waals surface area contributed by atoms with Crippen molar-refractivity contribution in [3.8, 4) is 0 Å². The lowest BCUT2D eigenvalue weighted by Gasteiger charge is -2.25. The average Bonchev–Trinajstić information content (AvgIpc) is 3.26. The standard InChI is InChI=1S/C31H41N3O4/c1-8-23-18-26-19-25(30(37)34(21(2)3)20-27(35)38-7)15-17-33(26)28(23)29(36)24-13-11-22(12-14-24)10-9-16-32-31(4,5)6/h11-15,17-19,21,32H,8-10,16,20H2,1-7H3. The van der Waals surface area contributed by atoms with Gasteiger partial charge in [0.25, 0.3) is 5.91 Å². The summed E-state index contributed by atoms with van der Waals surface area (Å²) in [5.74, 6) is -0.769. The van der Waals surface area contributed by atoms with Gasteiger partial charge >= 0.3 is 5.97 Å². The lowest BCUT2D eigenvalue weighted by Crippen LogP contribution is -2.41. The maximum atomic E-state index is 13.6. The van der Waals surface area contributed by atoms with E-state index in [1.807, 2.05) is 55.5 Å². The fraction of sp³-hybridized carbons (Fsp3) is 0.452. The molecule has 0 atom stereocenters. The average molecular weight is 520 g/mol. The molecule has 0 spiro atoms. The largest absolute Gasteiger partial charge is 0.468 e. The molecule has 0 aliphatic carbocycles. The lowest BCUT2D eigenvalue weighted by atomic mass is 10.0. The first-order valence-corrected chi connectivity index (χ1v) is 13.4. The second-order valence-corrected chi connectivity index (χ2v) is 11.0. The van der Waals surface area contributed by atoms with E-state index < -0.39 is 5.97 Å². The summed E-state index contributed by atoms with van der Waals surface area (Å²) in [6.07, 6.45) is 4.43. The second-order valence-electron chi connectivity index (χ2n) is 11.0. The van der Waals surface area contributed by atoms with Crippen LogP contribution in [0.2, 0.25) is 0 Å². The highest BCUT2D eigenvalue weighted by molar-refractivity contribution is 6.10. The van der Waals surface area contributed by atoms with Crippen molar-refractivity contribution in [2.24, 2.45) is 0 Å². The van der Waals surface area contributed by atoms with E-state index in [1.54, 1.807) is 18.3 Å². The van der Waals surface area contributed by atoms with Crippen LogP contribution in [0.4, 0.5) is 0 Å². The number of pyridine rings is 1. The van der Waals surface area contributed by atoms with Crippen LogP contribution in [0.5, 0.6) is 0 Å². The molecule has 204 valence electrons. The number of hydrogen-bond donors (Lipinski definition) is 1. The molecule has 0 saturated carbocycles. The number of ether oxygens (including phenoxy) is 1. The first-order valence-electron chi connectivity index (χ1n) is 13.4. The Bertz CT molecular complexity index is 1280. The van der Waals surface area contributed by atoms with E-state index in [4.69, 9.17) is 4.74 Å². The van der Waals surface area contributed by atoms with Crippen LogP contribution in [-0.2, 0) is 22.4 Å². The zero-order valence-corrected chi connectivity index (χ0v) is 23.8. The van der Waals surface area contributed by atoms with Crippen molar-refractivity contribution in [1.82, 2.24) is 14.6 Å². The number of aromatic nitrogens is 1. The number of ketones is 1. The van der Waals surface area contributed by atoms with Gasteiger partial charge in [0.2, 0.25) is 5.78 Å². The zero-order chi connectivity index (χ0) is 28.0. The number of esters is 1. The molecule has 0 aliphatic rings. The Balaban J connectivity index is 1.83. The number of nitrogens with zero attached hydrogens (tertiary/aromatic N) is 2. The normalized spacial score (nSPS) is 11.7. The number of benzene rings is 1. The van der Waals surface area contributed by atoms with Crippen LogP contribution in [0.15, 0.2) is 48.7 Å². The van der Waals surface area contributed by atoms with Crippen LogP contribution >= 0.6 is 0 Å². The minimum Gasteiger partial charge on any atom is -0.468 e. The lowest BCUT2D eigenvalue weighted by molar-refractivity contribution is -0.141. The van der Waals surface area contributed by atoms with Crippen molar-refractivity contribution in [2.75, 3.05) is 20.2 Å². The van der Waals surface area contributed by atoms with Crippen LogP contribution in [0, 0.1) is 0 Å². The number of carbonyl (C=O) groups excluding carboxylic acids is 3. The SMILES string of the molecule is CCc1cc2cc(C(=O)N(CC(=O)OC)C(C)C)ccn2c1C(=O)c1ccc(CCCNC(C)(C)C)cc1. The van der Waals surface area contributed by atoms with Gasteiger partial charge in [0.1, 0.15) is 6.54 Å². The number of carbonyl (C=O) groups is 3. The third-order valence-electron chi connectivity index (χ3n) is 6.62. The summed E-state index contributed by atoms with van der Waals surface area (Å²) in [6.45, 7) is 13.0. The number of amides is 1. The maximum Gasteiger partial charge on any atom is 0.325 e. The van der Waals surface area contributed by atoms with Gasteiger partial charge < -0.3 is 19.4 Å². The monoisotopic (exact) mass is 519 g/mol. The van der Waals surface area contributed by atoms with Crippen LogP contribution in [0.1, 0.15) is 85.5 Å². The maximum absolute atomic E-state index is 13.6. The van der Waals surface area contributed by atoms with E-state index in [-0.39, 0.29) is 29.8 Å². The van der Waals surface area contributed by atoms with Gasteiger partial charge in [-0.15, -0.1) is 0 Å². The Morgan fingerprint density at radius 1 is 1.03 bits per heavy atom. The van der Waals surface area contributed by atoms with Crippen LogP contribution < -0.4 is 5.32 Å². The van der Waals surface area contributed by atoms with Gasteiger partial charge in [-0.05, 0) is 89.8 Å². The van der Waals surface area contributed by atoms with E-state index in [9.17, 15) is 14.4 Å². The van der Waals surface area contributed by atoms with E-state index in [0.29, 0.717) is 23.2 Å². The topological polar surface area (TPSA) is 80.1 Å². The summed E-state index contributed by atoms with van der Waals surface area (Å²) in [4.78, 5) is 40.1. The summed E-state index contributed by atoms with van der Waals surface area (Å²) in [5, 5.41) is 3.50. The van der Waals surface area contributed by atoms with E-state index in [2.05, 4.69) is 26.1 Å². The third-order valence-corrected chi connectivity index (χ3v) is 6.62. The smallest absolute Gasteiger partial charge is 0.325 e. The number of rotatable bonds is 11. The fourth-order valence-electron chi connectivity index (χ4n) is 4.47. The van der Waals surface area contributed by atoms with Crippen LogP contribution in [0.25, 0.3) is 5.52 Å². The molecule has 2 heterocycles. The van der Waals surface area contributed by atoms with Gasteiger partial charge in [-0.2, -0.15) is 0 Å². The minimum atomic E-state index is -0.468. The molecule has 3 rings (SSSR count). The predicted octanol–water partition coefficient (Wildman–Crippen LogP) is 5.08.